The number of benzene rings is 2. The van der Waals surface area contributed by atoms with Crippen LogP contribution in [0.2, 0.25) is 5.02 Å². The van der Waals surface area contributed by atoms with E-state index in [0.29, 0.717) is 39.5 Å². The number of rotatable bonds is 4. The van der Waals surface area contributed by atoms with Gasteiger partial charge in [-0.15, -0.1) is 0 Å². The maximum atomic E-state index is 13.2. The van der Waals surface area contributed by atoms with Crippen LogP contribution in [0.25, 0.3) is 0 Å². The molecule has 36 heavy (non-hydrogen) atoms. The number of hydrogen-bond donors (Lipinski definition) is 0. The van der Waals surface area contributed by atoms with E-state index < -0.39 is 11.9 Å². The highest BCUT2D eigenvalue weighted by atomic mass is 35.5. The molecule has 2 aliphatic heterocycles. The van der Waals surface area contributed by atoms with Gasteiger partial charge in [0.25, 0.3) is 0 Å². The molecular weight excluding hydrogens is 480 g/mol. The first-order valence-electron chi connectivity index (χ1n) is 12.5. The van der Waals surface area contributed by atoms with Crippen molar-refractivity contribution in [2.45, 2.75) is 39.5 Å². The van der Waals surface area contributed by atoms with Gasteiger partial charge in [0.2, 0.25) is 17.7 Å². The van der Waals surface area contributed by atoms with Crippen LogP contribution in [-0.2, 0) is 19.2 Å². The first-order chi connectivity index (χ1) is 17.2. The van der Waals surface area contributed by atoms with Gasteiger partial charge in [-0.25, -0.2) is 4.90 Å². The van der Waals surface area contributed by atoms with E-state index in [4.69, 9.17) is 16.3 Å². The van der Waals surface area contributed by atoms with E-state index >= 15 is 0 Å². The summed E-state index contributed by atoms with van der Waals surface area (Å²) in [4.78, 5) is 54.8. The Morgan fingerprint density at radius 2 is 1.67 bits per heavy atom. The average Bonchev–Trinajstić information content (AvgIpc) is 3.60. The van der Waals surface area contributed by atoms with E-state index in [2.05, 4.69) is 0 Å². The van der Waals surface area contributed by atoms with Crippen molar-refractivity contribution in [3.8, 4) is 5.75 Å². The SMILES string of the molecule is Cc1cc(OC(=O)[C@H]2CC(=O)N(c3cccc(Cl)c3C)C2)ccc1N1C(=O)[C@@H]2[C@H]3CC[C@@H](C3)[C@@H]2C1=O. The number of esters is 1. The molecule has 5 atom stereocenters. The fourth-order valence-electron chi connectivity index (χ4n) is 6.77. The Labute approximate surface area is 214 Å². The van der Waals surface area contributed by atoms with Crippen LogP contribution in [0.4, 0.5) is 11.4 Å². The third kappa shape index (κ3) is 3.47. The summed E-state index contributed by atoms with van der Waals surface area (Å²) in [5.74, 6) is -0.817. The zero-order valence-electron chi connectivity index (χ0n) is 20.2. The first kappa shape index (κ1) is 23.2. The molecule has 2 saturated carbocycles. The number of aryl methyl sites for hydroxylation is 1. The van der Waals surface area contributed by atoms with Crippen molar-refractivity contribution in [2.24, 2.45) is 29.6 Å². The van der Waals surface area contributed by atoms with Gasteiger partial charge in [0.1, 0.15) is 5.75 Å². The maximum absolute atomic E-state index is 13.2. The summed E-state index contributed by atoms with van der Waals surface area (Å²) in [6.45, 7) is 3.87. The number of fused-ring (bicyclic) bond motifs is 5. The second-order valence-corrected chi connectivity index (χ2v) is 11.0. The predicted octanol–water partition coefficient (Wildman–Crippen LogP) is 4.45. The Balaban J connectivity index is 1.16. The number of halogens is 1. The molecule has 2 bridgehead atoms. The largest absolute Gasteiger partial charge is 0.426 e. The van der Waals surface area contributed by atoms with Crippen LogP contribution in [0.1, 0.15) is 36.8 Å². The van der Waals surface area contributed by atoms with Gasteiger partial charge in [0, 0.05) is 23.7 Å². The smallest absolute Gasteiger partial charge is 0.316 e. The third-order valence-corrected chi connectivity index (χ3v) is 8.95. The van der Waals surface area contributed by atoms with Crippen molar-refractivity contribution < 1.29 is 23.9 Å². The van der Waals surface area contributed by atoms with Crippen LogP contribution >= 0.6 is 11.6 Å². The van der Waals surface area contributed by atoms with E-state index in [1.54, 1.807) is 42.2 Å². The molecule has 3 amide bonds. The lowest BCUT2D eigenvalue weighted by Gasteiger charge is -2.20. The maximum Gasteiger partial charge on any atom is 0.316 e. The summed E-state index contributed by atoms with van der Waals surface area (Å²) >= 11 is 6.21. The lowest BCUT2D eigenvalue weighted by molar-refractivity contribution is -0.139. The topological polar surface area (TPSA) is 84.0 Å². The van der Waals surface area contributed by atoms with Crippen molar-refractivity contribution in [2.75, 3.05) is 16.3 Å². The predicted molar refractivity (Wildman–Crippen MR) is 134 cm³/mol. The molecule has 2 aliphatic carbocycles. The number of hydrogen-bond acceptors (Lipinski definition) is 5. The first-order valence-corrected chi connectivity index (χ1v) is 12.9. The Morgan fingerprint density at radius 1 is 0.972 bits per heavy atom. The Kier molecular flexibility index (Phi) is 5.45. The van der Waals surface area contributed by atoms with E-state index in [1.165, 1.54) is 4.90 Å². The molecule has 6 rings (SSSR count). The van der Waals surface area contributed by atoms with Crippen molar-refractivity contribution in [3.05, 3.63) is 52.5 Å². The molecule has 2 saturated heterocycles. The molecule has 2 heterocycles. The molecule has 4 aliphatic rings. The number of carbonyl (C=O) groups excluding carboxylic acids is 4. The highest BCUT2D eigenvalue weighted by Crippen LogP contribution is 2.56. The number of amides is 3. The number of carbonyl (C=O) groups is 4. The minimum Gasteiger partial charge on any atom is -0.426 e. The molecule has 0 aromatic heterocycles. The highest BCUT2D eigenvalue weighted by molar-refractivity contribution is 6.31. The van der Waals surface area contributed by atoms with Gasteiger partial charge in [-0.2, -0.15) is 0 Å². The Hall–Kier alpha value is -3.19. The number of imide groups is 1. The van der Waals surface area contributed by atoms with Gasteiger partial charge in [-0.1, -0.05) is 17.7 Å². The van der Waals surface area contributed by atoms with Crippen LogP contribution in [0.3, 0.4) is 0 Å². The van der Waals surface area contributed by atoms with E-state index in [0.717, 1.165) is 24.8 Å². The van der Waals surface area contributed by atoms with Crippen LogP contribution in [-0.4, -0.2) is 30.2 Å². The number of ether oxygens (including phenoxy) is 1. The van der Waals surface area contributed by atoms with Crippen molar-refractivity contribution >= 4 is 46.7 Å². The number of anilines is 2. The summed E-state index contributed by atoms with van der Waals surface area (Å²) in [6.07, 6.45) is 3.12. The summed E-state index contributed by atoms with van der Waals surface area (Å²) in [5.41, 5.74) is 2.72. The van der Waals surface area contributed by atoms with Gasteiger partial charge >= 0.3 is 5.97 Å². The van der Waals surface area contributed by atoms with E-state index in [-0.39, 0.29) is 42.5 Å². The van der Waals surface area contributed by atoms with Gasteiger partial charge in [0.15, 0.2) is 0 Å². The molecule has 8 heteroatoms. The summed E-state index contributed by atoms with van der Waals surface area (Å²) in [7, 11) is 0. The molecule has 4 fully saturated rings. The van der Waals surface area contributed by atoms with Crippen molar-refractivity contribution in [1.29, 1.82) is 0 Å². The molecule has 0 N–H and O–H groups in total. The minimum absolute atomic E-state index is 0.0593. The van der Waals surface area contributed by atoms with E-state index in [9.17, 15) is 19.2 Å². The lowest BCUT2D eigenvalue weighted by Crippen LogP contribution is -2.33. The fraction of sp³-hybridized carbons (Fsp3) is 0.429. The van der Waals surface area contributed by atoms with Gasteiger partial charge in [0.05, 0.1) is 23.4 Å². The van der Waals surface area contributed by atoms with Gasteiger partial charge < -0.3 is 9.64 Å². The molecule has 2 aromatic rings. The third-order valence-electron chi connectivity index (χ3n) is 8.54. The summed E-state index contributed by atoms with van der Waals surface area (Å²) in [5, 5.41) is 0.563. The molecule has 2 aromatic carbocycles. The van der Waals surface area contributed by atoms with E-state index in [1.807, 2.05) is 13.0 Å². The molecule has 0 unspecified atom stereocenters. The molecule has 0 spiro atoms. The quantitative estimate of drug-likeness (QED) is 0.347. The zero-order chi connectivity index (χ0) is 25.3. The average molecular weight is 507 g/mol. The molecule has 0 radical (unpaired) electrons. The normalized spacial score (nSPS) is 28.9. The van der Waals surface area contributed by atoms with Crippen LogP contribution in [0.15, 0.2) is 36.4 Å². The second kappa shape index (κ2) is 8.44. The van der Waals surface area contributed by atoms with Crippen LogP contribution < -0.4 is 14.5 Å². The van der Waals surface area contributed by atoms with Crippen LogP contribution in [0, 0.1) is 43.4 Å². The standard InChI is InChI=1S/C28H27ClN2O5/c1-14-10-19(8-9-21(14)31-26(33)24-16-6-7-17(11-16)25(24)27(31)34)36-28(35)18-12-23(32)30(13-18)22-5-3-4-20(29)15(22)2/h3-5,8-10,16-18,24-25H,6-7,11-13H2,1-2H3/t16-,17-,18-,24-,25+/m0/s1. The minimum atomic E-state index is -0.604. The van der Waals surface area contributed by atoms with Crippen molar-refractivity contribution in [3.63, 3.8) is 0 Å². The lowest BCUT2D eigenvalue weighted by atomic mass is 9.81. The summed E-state index contributed by atoms with van der Waals surface area (Å²) in [6, 6.07) is 10.3. The second-order valence-electron chi connectivity index (χ2n) is 10.6. The van der Waals surface area contributed by atoms with Gasteiger partial charge in [-0.05, 0) is 86.4 Å². The Morgan fingerprint density at radius 3 is 2.33 bits per heavy atom. The Bertz CT molecular complexity index is 1300. The molecule has 186 valence electrons. The van der Waals surface area contributed by atoms with Crippen molar-refractivity contribution in [1.82, 2.24) is 0 Å². The summed E-state index contributed by atoms with van der Waals surface area (Å²) < 4.78 is 5.62. The monoisotopic (exact) mass is 506 g/mol. The fourth-order valence-corrected chi connectivity index (χ4v) is 6.94. The highest BCUT2D eigenvalue weighted by Gasteiger charge is 2.61. The van der Waals surface area contributed by atoms with Gasteiger partial charge in [-0.3, -0.25) is 19.2 Å². The molecular formula is C28H27ClN2O5. The zero-order valence-corrected chi connectivity index (χ0v) is 21.0. The molecule has 7 nitrogen and oxygen atoms in total. The number of nitrogens with zero attached hydrogens (tertiary/aromatic N) is 2. The van der Waals surface area contributed by atoms with Crippen LogP contribution in [0.5, 0.6) is 5.75 Å².